The van der Waals surface area contributed by atoms with Gasteiger partial charge in [-0.25, -0.2) is 19.2 Å². The first kappa shape index (κ1) is 56.0. The topological polar surface area (TPSA) is 105 Å². The number of unbranched alkanes of at least 4 members (excludes halogenated alkanes) is 16. The fraction of sp³-hybridized carbons (Fsp3) is 0.564. The Morgan fingerprint density at radius 3 is 0.701 bits per heavy atom. The Morgan fingerprint density at radius 2 is 0.507 bits per heavy atom. The van der Waals surface area contributed by atoms with Crippen LogP contribution in [0.1, 0.15) is 218 Å². The van der Waals surface area contributed by atoms with E-state index in [1.54, 1.807) is 0 Å². The summed E-state index contributed by atoms with van der Waals surface area (Å²) in [5, 5.41) is 2.90. The normalized spacial score (nSPS) is 11.4. The van der Waals surface area contributed by atoms with Gasteiger partial charge in [-0.2, -0.15) is 0 Å². The molecule has 0 unspecified atom stereocenters. The molecule has 0 aliphatic rings. The highest BCUT2D eigenvalue weighted by Gasteiger charge is 2.32. The second kappa shape index (κ2) is 29.5. The van der Waals surface area contributed by atoms with Crippen LogP contribution in [0, 0.1) is 0 Å². The van der Waals surface area contributed by atoms with Gasteiger partial charge in [0.1, 0.15) is 0 Å². The van der Waals surface area contributed by atoms with Gasteiger partial charge in [-0.15, -0.1) is 0 Å². The predicted octanol–water partition coefficient (Wildman–Crippen LogP) is 18.3. The van der Waals surface area contributed by atoms with Crippen LogP contribution in [-0.4, -0.2) is 50.3 Å². The van der Waals surface area contributed by atoms with Crippen molar-refractivity contribution in [2.75, 3.05) is 26.4 Å². The molecule has 12 heteroatoms. The third-order valence-corrected chi connectivity index (χ3v) is 13.1. The maximum absolute atomic E-state index is 14.2. The zero-order chi connectivity index (χ0) is 48.9. The molecule has 5 aromatic rings. The molecule has 0 saturated heterocycles. The summed E-state index contributed by atoms with van der Waals surface area (Å²) in [6.07, 6.45) is 20.3. The second-order valence-corrected chi connectivity index (χ2v) is 19.2. The lowest BCUT2D eigenvalue weighted by Crippen LogP contribution is -2.14. The SMILES string of the molecule is CCC.CCCCCCCOC(=O)c1cc(Cl)c2c3c(Cl)cc(C(=O)OCCCCCCC)c4c(C(=O)OCCCCCCC)cc(Cl)c(c5c(Cl)cc(C(=O)OCCCCCCC)c1c25)c43. The van der Waals surface area contributed by atoms with Gasteiger partial charge in [-0.3, -0.25) is 0 Å². The number of carbonyl (C=O) groups excluding carboxylic acids is 4. The van der Waals surface area contributed by atoms with Crippen molar-refractivity contribution in [1.82, 2.24) is 0 Å². The summed E-state index contributed by atoms with van der Waals surface area (Å²) >= 11 is 29.1. The lowest BCUT2D eigenvalue weighted by atomic mass is 9.84. The minimum atomic E-state index is -0.667. The van der Waals surface area contributed by atoms with Gasteiger partial charge < -0.3 is 18.9 Å². The van der Waals surface area contributed by atoms with Gasteiger partial charge in [-0.1, -0.05) is 197 Å². The molecule has 368 valence electrons. The van der Waals surface area contributed by atoms with Crippen molar-refractivity contribution in [2.24, 2.45) is 0 Å². The number of hydrogen-bond donors (Lipinski definition) is 0. The van der Waals surface area contributed by atoms with Crippen LogP contribution < -0.4 is 0 Å². The molecular formula is C55H72Cl4O8. The third-order valence-electron chi connectivity index (χ3n) is 11.9. The minimum absolute atomic E-state index is 0.0512. The molecule has 0 aliphatic carbocycles. The van der Waals surface area contributed by atoms with E-state index in [1.165, 1.54) is 30.7 Å². The Labute approximate surface area is 418 Å². The zero-order valence-corrected chi connectivity index (χ0v) is 43.8. The molecule has 0 spiro atoms. The number of ether oxygens (including phenoxy) is 4. The van der Waals surface area contributed by atoms with E-state index < -0.39 is 23.9 Å². The summed E-state index contributed by atoms with van der Waals surface area (Å²) in [4.78, 5) is 56.6. The van der Waals surface area contributed by atoms with Crippen molar-refractivity contribution in [3.63, 3.8) is 0 Å². The number of rotatable bonds is 28. The van der Waals surface area contributed by atoms with Gasteiger partial charge in [0.2, 0.25) is 0 Å². The van der Waals surface area contributed by atoms with Crippen molar-refractivity contribution < 1.29 is 38.1 Å². The highest BCUT2D eigenvalue weighted by molar-refractivity contribution is 6.55. The zero-order valence-electron chi connectivity index (χ0n) is 40.8. The number of halogens is 4. The number of hydrogen-bond acceptors (Lipinski definition) is 8. The molecule has 0 aromatic heterocycles. The quantitative estimate of drug-likeness (QED) is 0.0160. The largest absolute Gasteiger partial charge is 0.462 e. The molecule has 8 nitrogen and oxygen atoms in total. The second-order valence-electron chi connectivity index (χ2n) is 17.5. The van der Waals surface area contributed by atoms with E-state index in [0.717, 1.165) is 103 Å². The summed E-state index contributed by atoms with van der Waals surface area (Å²) in [5.74, 6) is -2.67. The van der Waals surface area contributed by atoms with Crippen molar-refractivity contribution >= 4 is 113 Å². The standard InChI is InChI=1S/C52H64Cl4O8.C3H8/c1-5-9-13-17-21-25-61-49(57)33-29-37(53)43-45-39(55)31-35(51(59)63-27-23-19-15-11-7-3)42-36(52(60)64-28-24-20-16-12-8-4)32-40(56)46(48(42)45)44-38(54)30-34(41(33)47(43)44)50(58)62-26-22-18-14-10-6-2;1-3-2/h29-32H,5-28H2,1-4H3;3H2,1-2H3. The predicted molar refractivity (Wildman–Crippen MR) is 280 cm³/mol. The smallest absolute Gasteiger partial charge is 0.338 e. The summed E-state index contributed by atoms with van der Waals surface area (Å²) in [6.45, 7) is 13.5. The van der Waals surface area contributed by atoms with Crippen LogP contribution in [-0.2, 0) is 18.9 Å². The van der Waals surface area contributed by atoms with Crippen LogP contribution in [0.3, 0.4) is 0 Å². The molecule has 0 N–H and O–H groups in total. The Balaban J connectivity index is 0.00000318. The molecule has 0 aliphatic heterocycles. The van der Waals surface area contributed by atoms with E-state index in [9.17, 15) is 19.2 Å². The summed E-state index contributed by atoms with van der Waals surface area (Å²) < 4.78 is 23.4. The highest BCUT2D eigenvalue weighted by atomic mass is 35.5. The van der Waals surface area contributed by atoms with Crippen LogP contribution in [0.15, 0.2) is 24.3 Å². The monoisotopic (exact) mass is 1000 g/mol. The maximum Gasteiger partial charge on any atom is 0.338 e. The fourth-order valence-electron chi connectivity index (χ4n) is 8.56. The molecule has 0 bridgehead atoms. The number of carbonyl (C=O) groups is 4. The van der Waals surface area contributed by atoms with E-state index >= 15 is 0 Å². The van der Waals surface area contributed by atoms with Crippen molar-refractivity contribution in [3.05, 3.63) is 66.6 Å². The van der Waals surface area contributed by atoms with Gasteiger partial charge in [-0.05, 0) is 49.9 Å². The Morgan fingerprint density at radius 1 is 0.313 bits per heavy atom. The summed E-state index contributed by atoms with van der Waals surface area (Å²) in [5.41, 5.74) is 0.205. The van der Waals surface area contributed by atoms with Crippen molar-refractivity contribution in [2.45, 2.75) is 176 Å². The molecule has 5 rings (SSSR count). The number of fused-ring (bicyclic) bond motifs is 2. The molecule has 0 heterocycles. The van der Waals surface area contributed by atoms with Crippen LogP contribution in [0.25, 0.3) is 43.1 Å². The van der Waals surface area contributed by atoms with E-state index in [2.05, 4.69) is 41.5 Å². The summed E-state index contributed by atoms with van der Waals surface area (Å²) in [6, 6.07) is 5.90. The van der Waals surface area contributed by atoms with Crippen molar-refractivity contribution in [3.8, 4) is 0 Å². The number of benzene rings is 5. The fourth-order valence-corrected chi connectivity index (χ4v) is 9.75. The average molecular weight is 1000 g/mol. The Kier molecular flexibility index (Phi) is 24.6. The van der Waals surface area contributed by atoms with Gasteiger partial charge in [0, 0.05) is 63.2 Å². The van der Waals surface area contributed by atoms with Gasteiger partial charge in [0.25, 0.3) is 0 Å². The molecule has 0 radical (unpaired) electrons. The minimum Gasteiger partial charge on any atom is -0.462 e. The van der Waals surface area contributed by atoms with Crippen LogP contribution in [0.5, 0.6) is 0 Å². The van der Waals surface area contributed by atoms with Gasteiger partial charge in [0.05, 0.1) is 48.7 Å². The van der Waals surface area contributed by atoms with E-state index in [1.807, 2.05) is 0 Å². The first-order valence-electron chi connectivity index (χ1n) is 25.1. The van der Waals surface area contributed by atoms with Crippen LogP contribution in [0.2, 0.25) is 20.1 Å². The molecule has 67 heavy (non-hydrogen) atoms. The van der Waals surface area contributed by atoms with Gasteiger partial charge in [0.15, 0.2) is 0 Å². The van der Waals surface area contributed by atoms with E-state index in [4.69, 9.17) is 65.4 Å². The number of esters is 4. The van der Waals surface area contributed by atoms with E-state index in [0.29, 0.717) is 58.0 Å². The highest BCUT2D eigenvalue weighted by Crippen LogP contribution is 2.52. The van der Waals surface area contributed by atoms with Crippen LogP contribution in [0.4, 0.5) is 0 Å². The lowest BCUT2D eigenvalue weighted by Gasteiger charge is -2.23. The van der Waals surface area contributed by atoms with E-state index in [-0.39, 0.29) is 79.5 Å². The van der Waals surface area contributed by atoms with Gasteiger partial charge >= 0.3 is 23.9 Å². The molecule has 0 fully saturated rings. The third kappa shape index (κ3) is 14.7. The molecule has 5 aromatic carbocycles. The van der Waals surface area contributed by atoms with Crippen LogP contribution >= 0.6 is 46.4 Å². The first-order chi connectivity index (χ1) is 32.4. The average Bonchev–Trinajstić information content (AvgIpc) is 3.31. The Bertz CT molecular complexity index is 2090. The maximum atomic E-state index is 14.2. The summed E-state index contributed by atoms with van der Waals surface area (Å²) in [7, 11) is 0. The molecule has 0 saturated carbocycles. The Hall–Kier alpha value is -3.56. The van der Waals surface area contributed by atoms with Crippen molar-refractivity contribution in [1.29, 1.82) is 0 Å². The molecule has 0 atom stereocenters. The first-order valence-corrected chi connectivity index (χ1v) is 26.6. The molecule has 0 amide bonds. The molecular weight excluding hydrogens is 930 g/mol. The lowest BCUT2D eigenvalue weighted by molar-refractivity contribution is 0.0483.